The van der Waals surface area contributed by atoms with Crippen LogP contribution in [0.5, 0.6) is 0 Å². The molecule has 0 aliphatic carbocycles. The van der Waals surface area contributed by atoms with Gasteiger partial charge in [-0.25, -0.2) is 4.39 Å². The van der Waals surface area contributed by atoms with Crippen molar-refractivity contribution in [3.05, 3.63) is 71.5 Å². The number of carbonyl (C=O) groups excluding carboxylic acids is 2. The fraction of sp³-hybridized carbons (Fsp3) is 0.417. The Morgan fingerprint density at radius 1 is 1.10 bits per heavy atom. The summed E-state index contributed by atoms with van der Waals surface area (Å²) in [4.78, 5) is 32.1. The Kier molecular flexibility index (Phi) is 8.09. The summed E-state index contributed by atoms with van der Waals surface area (Å²) in [5, 5.41) is -0.357. The first-order valence-corrected chi connectivity index (χ1v) is 11.6. The molecule has 1 saturated heterocycles. The van der Waals surface area contributed by atoms with Crippen LogP contribution in [0.15, 0.2) is 54.6 Å². The molecule has 0 saturated carbocycles. The van der Waals surface area contributed by atoms with Gasteiger partial charge in [0.05, 0.1) is 0 Å². The number of thioether (sulfide) groups is 1. The molecule has 1 aliphatic heterocycles. The maximum atomic E-state index is 13.8. The average molecular weight is 444 g/mol. The molecule has 1 fully saturated rings. The molecule has 2 aromatic carbocycles. The molecule has 2 aromatic rings. The molecule has 3 rings (SSSR count). The second-order valence-electron chi connectivity index (χ2n) is 7.96. The molecule has 31 heavy (non-hydrogen) atoms. The van der Waals surface area contributed by atoms with Crippen LogP contribution in [-0.2, 0) is 16.1 Å². The molecular formula is C24H30FN3O2S. The third kappa shape index (κ3) is 5.86. The minimum absolute atomic E-state index is 0.0566. The lowest BCUT2D eigenvalue weighted by atomic mass is 10.1. The van der Waals surface area contributed by atoms with Crippen LogP contribution in [0.1, 0.15) is 29.8 Å². The van der Waals surface area contributed by atoms with E-state index in [1.165, 1.54) is 23.9 Å². The fourth-order valence-electron chi connectivity index (χ4n) is 3.70. The van der Waals surface area contributed by atoms with E-state index in [0.717, 1.165) is 12.1 Å². The lowest BCUT2D eigenvalue weighted by Gasteiger charge is -2.33. The van der Waals surface area contributed by atoms with Crippen molar-refractivity contribution in [3.63, 3.8) is 0 Å². The molecule has 166 valence electrons. The summed E-state index contributed by atoms with van der Waals surface area (Å²) in [6, 6.07) is 15.6. The molecular weight excluding hydrogens is 413 g/mol. The number of carbonyl (C=O) groups is 2. The molecule has 0 bridgehead atoms. The number of likely N-dealkylation sites (N-methyl/N-ethyl adjacent to an activating group) is 1. The van der Waals surface area contributed by atoms with Crippen LogP contribution < -0.4 is 0 Å². The first kappa shape index (κ1) is 23.3. The standard InChI is InChI=1S/C24H30FN3O2S/c1-4-22(29)28-21(17-31-24(28)19-11-8-12-20(25)15-19)23(30)27(14-13-26(2)3)16-18-9-6-5-7-10-18/h5-12,15,21,24H,4,13-14,16-17H2,1-3H3. The van der Waals surface area contributed by atoms with Crippen molar-refractivity contribution in [2.24, 2.45) is 0 Å². The Bertz CT molecular complexity index is 893. The van der Waals surface area contributed by atoms with E-state index in [1.807, 2.05) is 60.3 Å². The summed E-state index contributed by atoms with van der Waals surface area (Å²) < 4.78 is 13.8. The van der Waals surface area contributed by atoms with E-state index in [2.05, 4.69) is 0 Å². The molecule has 2 amide bonds. The van der Waals surface area contributed by atoms with Gasteiger partial charge in [-0.3, -0.25) is 9.59 Å². The van der Waals surface area contributed by atoms with Crippen LogP contribution in [0.2, 0.25) is 0 Å². The zero-order valence-electron chi connectivity index (χ0n) is 18.3. The third-order valence-corrected chi connectivity index (χ3v) is 6.68. The van der Waals surface area contributed by atoms with Crippen molar-refractivity contribution in [2.45, 2.75) is 31.3 Å². The Balaban J connectivity index is 1.86. The summed E-state index contributed by atoms with van der Waals surface area (Å²) in [5.41, 5.74) is 1.76. The Morgan fingerprint density at radius 2 is 1.84 bits per heavy atom. The highest BCUT2D eigenvalue weighted by atomic mass is 32.2. The van der Waals surface area contributed by atoms with Gasteiger partial charge in [-0.05, 0) is 37.4 Å². The van der Waals surface area contributed by atoms with Crippen LogP contribution in [0.3, 0.4) is 0 Å². The largest absolute Gasteiger partial charge is 0.335 e. The maximum absolute atomic E-state index is 13.8. The molecule has 7 heteroatoms. The van der Waals surface area contributed by atoms with Gasteiger partial charge < -0.3 is 14.7 Å². The van der Waals surface area contributed by atoms with Crippen LogP contribution in [0, 0.1) is 5.82 Å². The predicted molar refractivity (Wildman–Crippen MR) is 123 cm³/mol. The van der Waals surface area contributed by atoms with Crippen molar-refractivity contribution in [2.75, 3.05) is 32.9 Å². The van der Waals surface area contributed by atoms with Crippen LogP contribution in [0.4, 0.5) is 4.39 Å². The van der Waals surface area contributed by atoms with Crippen molar-refractivity contribution in [3.8, 4) is 0 Å². The first-order chi connectivity index (χ1) is 14.9. The third-order valence-electron chi connectivity index (χ3n) is 5.35. The van der Waals surface area contributed by atoms with Gasteiger partial charge >= 0.3 is 0 Å². The van der Waals surface area contributed by atoms with E-state index in [1.54, 1.807) is 17.9 Å². The topological polar surface area (TPSA) is 43.9 Å². The number of amides is 2. The summed E-state index contributed by atoms with van der Waals surface area (Å²) in [6.07, 6.45) is 0.298. The van der Waals surface area contributed by atoms with Crippen molar-refractivity contribution >= 4 is 23.6 Å². The van der Waals surface area contributed by atoms with Gasteiger partial charge in [-0.2, -0.15) is 0 Å². The Labute approximate surface area is 188 Å². The van der Waals surface area contributed by atoms with Crippen molar-refractivity contribution in [1.82, 2.24) is 14.7 Å². The van der Waals surface area contributed by atoms with Gasteiger partial charge in [0, 0.05) is 31.8 Å². The van der Waals surface area contributed by atoms with Gasteiger partial charge in [0.25, 0.3) is 0 Å². The van der Waals surface area contributed by atoms with Crippen LogP contribution in [0.25, 0.3) is 0 Å². The van der Waals surface area contributed by atoms with Gasteiger partial charge in [-0.1, -0.05) is 49.4 Å². The van der Waals surface area contributed by atoms with E-state index in [0.29, 0.717) is 30.8 Å². The number of hydrogen-bond acceptors (Lipinski definition) is 4. The highest BCUT2D eigenvalue weighted by molar-refractivity contribution is 7.99. The highest BCUT2D eigenvalue weighted by Gasteiger charge is 2.43. The second kappa shape index (κ2) is 10.8. The normalized spacial score (nSPS) is 18.4. The highest BCUT2D eigenvalue weighted by Crippen LogP contribution is 2.42. The van der Waals surface area contributed by atoms with Gasteiger partial charge in [0.1, 0.15) is 17.2 Å². The maximum Gasteiger partial charge on any atom is 0.246 e. The van der Waals surface area contributed by atoms with E-state index >= 15 is 0 Å². The number of benzene rings is 2. The van der Waals surface area contributed by atoms with Gasteiger partial charge in [0.2, 0.25) is 11.8 Å². The van der Waals surface area contributed by atoms with E-state index in [-0.39, 0.29) is 23.0 Å². The molecule has 0 aromatic heterocycles. The van der Waals surface area contributed by atoms with E-state index < -0.39 is 6.04 Å². The summed E-state index contributed by atoms with van der Waals surface area (Å²) in [5.74, 6) is 0.0104. The summed E-state index contributed by atoms with van der Waals surface area (Å²) >= 11 is 1.52. The summed E-state index contributed by atoms with van der Waals surface area (Å²) in [6.45, 7) is 3.59. The smallest absolute Gasteiger partial charge is 0.246 e. The Morgan fingerprint density at radius 3 is 2.48 bits per heavy atom. The number of nitrogens with zero attached hydrogens (tertiary/aromatic N) is 3. The minimum atomic E-state index is -0.559. The lowest BCUT2D eigenvalue weighted by molar-refractivity contribution is -0.145. The number of halogens is 1. The number of hydrogen-bond donors (Lipinski definition) is 0. The first-order valence-electron chi connectivity index (χ1n) is 10.6. The molecule has 0 N–H and O–H groups in total. The van der Waals surface area contributed by atoms with Crippen LogP contribution >= 0.6 is 11.8 Å². The SMILES string of the molecule is CCC(=O)N1C(C(=O)N(CCN(C)C)Cc2ccccc2)CSC1c1cccc(F)c1. The molecule has 2 atom stereocenters. The van der Waals surface area contributed by atoms with Crippen molar-refractivity contribution in [1.29, 1.82) is 0 Å². The quantitative estimate of drug-likeness (QED) is 0.623. The summed E-state index contributed by atoms with van der Waals surface area (Å²) in [7, 11) is 3.95. The number of rotatable bonds is 8. The monoisotopic (exact) mass is 443 g/mol. The predicted octanol–water partition coefficient (Wildman–Crippen LogP) is 3.77. The van der Waals surface area contributed by atoms with Crippen molar-refractivity contribution < 1.29 is 14.0 Å². The lowest BCUT2D eigenvalue weighted by Crippen LogP contribution is -2.50. The fourth-order valence-corrected chi connectivity index (χ4v) is 5.14. The zero-order chi connectivity index (χ0) is 22.4. The minimum Gasteiger partial charge on any atom is -0.335 e. The van der Waals surface area contributed by atoms with Crippen LogP contribution in [-0.4, -0.2) is 65.5 Å². The molecule has 2 unspecified atom stereocenters. The second-order valence-corrected chi connectivity index (χ2v) is 9.07. The molecule has 5 nitrogen and oxygen atoms in total. The van der Waals surface area contributed by atoms with Gasteiger partial charge in [-0.15, -0.1) is 11.8 Å². The molecule has 0 spiro atoms. The molecule has 0 radical (unpaired) electrons. The molecule has 1 heterocycles. The van der Waals surface area contributed by atoms with E-state index in [4.69, 9.17) is 0 Å². The average Bonchev–Trinajstić information content (AvgIpc) is 3.21. The Hall–Kier alpha value is -2.38. The zero-order valence-corrected chi connectivity index (χ0v) is 19.1. The van der Waals surface area contributed by atoms with Gasteiger partial charge in [0.15, 0.2) is 0 Å². The molecule has 1 aliphatic rings. The van der Waals surface area contributed by atoms with E-state index in [9.17, 15) is 14.0 Å².